The van der Waals surface area contributed by atoms with Crippen LogP contribution >= 0.6 is 15.9 Å². The fraction of sp³-hybridized carbons (Fsp3) is 0.429. The van der Waals surface area contributed by atoms with Gasteiger partial charge in [-0.1, -0.05) is 15.9 Å². The summed E-state index contributed by atoms with van der Waals surface area (Å²) in [6.07, 6.45) is 0.898. The summed E-state index contributed by atoms with van der Waals surface area (Å²) in [7, 11) is 0. The third-order valence-corrected chi connectivity index (χ3v) is 4.30. The molecule has 5 heteroatoms. The summed E-state index contributed by atoms with van der Waals surface area (Å²) in [4.78, 5) is 12.3. The van der Waals surface area contributed by atoms with Crippen molar-refractivity contribution in [2.45, 2.75) is 19.8 Å². The summed E-state index contributed by atoms with van der Waals surface area (Å²) in [6.45, 7) is 2.87. The quantitative estimate of drug-likeness (QED) is 0.910. The van der Waals surface area contributed by atoms with Crippen molar-refractivity contribution in [3.8, 4) is 6.07 Å². The lowest BCUT2D eigenvalue weighted by atomic mass is 9.81. The number of ether oxygens (including phenoxy) is 1. The molecule has 4 nitrogen and oxygen atoms in total. The molecule has 0 aromatic heterocycles. The number of carbonyl (C=O) groups is 1. The number of benzene rings is 1. The molecule has 1 aliphatic heterocycles. The number of amides is 1. The predicted octanol–water partition coefficient (Wildman–Crippen LogP) is 3.02. The number of hydrogen-bond acceptors (Lipinski definition) is 3. The van der Waals surface area contributed by atoms with Crippen molar-refractivity contribution in [2.24, 2.45) is 5.41 Å². The van der Waals surface area contributed by atoms with Crippen LogP contribution in [-0.4, -0.2) is 19.1 Å². The molecule has 0 saturated carbocycles. The second-order valence-electron chi connectivity index (χ2n) is 4.72. The van der Waals surface area contributed by atoms with E-state index in [1.165, 1.54) is 0 Å². The minimum absolute atomic E-state index is 0.236. The minimum atomic E-state index is -0.959. The Morgan fingerprint density at radius 1 is 1.47 bits per heavy atom. The lowest BCUT2D eigenvalue weighted by molar-refractivity contribution is -0.126. The molecule has 1 heterocycles. The molecular weight excluding hydrogens is 308 g/mol. The van der Waals surface area contributed by atoms with E-state index in [2.05, 4.69) is 27.3 Å². The zero-order chi connectivity index (χ0) is 13.9. The molecule has 0 unspecified atom stereocenters. The number of nitriles is 1. The number of halogens is 1. The minimum Gasteiger partial charge on any atom is -0.381 e. The zero-order valence-electron chi connectivity index (χ0n) is 10.7. The molecule has 0 atom stereocenters. The average molecular weight is 323 g/mol. The van der Waals surface area contributed by atoms with E-state index in [9.17, 15) is 10.1 Å². The molecule has 1 saturated heterocycles. The molecule has 1 aromatic carbocycles. The van der Waals surface area contributed by atoms with Crippen molar-refractivity contribution in [1.82, 2.24) is 0 Å². The third-order valence-electron chi connectivity index (χ3n) is 3.41. The molecule has 0 radical (unpaired) electrons. The van der Waals surface area contributed by atoms with Crippen molar-refractivity contribution in [3.05, 3.63) is 28.2 Å². The Balaban J connectivity index is 2.15. The van der Waals surface area contributed by atoms with Gasteiger partial charge in [-0.3, -0.25) is 4.79 Å². The van der Waals surface area contributed by atoms with Gasteiger partial charge in [0.2, 0.25) is 5.91 Å². The Bertz CT molecular complexity index is 531. The van der Waals surface area contributed by atoms with E-state index in [1.807, 2.05) is 25.1 Å². The SMILES string of the molecule is Cc1cc(NC(=O)C2(C#N)CCOCC2)ccc1Br. The lowest BCUT2D eigenvalue weighted by Gasteiger charge is -2.29. The Kier molecular flexibility index (Phi) is 4.23. The maximum atomic E-state index is 12.3. The molecule has 1 aromatic rings. The van der Waals surface area contributed by atoms with E-state index < -0.39 is 5.41 Å². The number of nitrogens with zero attached hydrogens (tertiary/aromatic N) is 1. The molecule has 0 bridgehead atoms. The summed E-state index contributed by atoms with van der Waals surface area (Å²) < 4.78 is 6.22. The van der Waals surface area contributed by atoms with Crippen LogP contribution in [0.15, 0.2) is 22.7 Å². The lowest BCUT2D eigenvalue weighted by Crippen LogP contribution is -2.39. The van der Waals surface area contributed by atoms with Crippen LogP contribution in [-0.2, 0) is 9.53 Å². The molecule has 1 aliphatic rings. The van der Waals surface area contributed by atoms with E-state index in [-0.39, 0.29) is 5.91 Å². The van der Waals surface area contributed by atoms with Crippen LogP contribution in [0.25, 0.3) is 0 Å². The highest BCUT2D eigenvalue weighted by Gasteiger charge is 2.40. The van der Waals surface area contributed by atoms with Crippen molar-refractivity contribution in [3.63, 3.8) is 0 Å². The standard InChI is InChI=1S/C14H15BrN2O2/c1-10-8-11(2-3-12(10)15)17-13(18)14(9-16)4-6-19-7-5-14/h2-3,8H,4-7H2,1H3,(H,17,18). The zero-order valence-corrected chi connectivity index (χ0v) is 12.3. The summed E-state index contributed by atoms with van der Waals surface area (Å²) in [6, 6.07) is 7.75. The summed E-state index contributed by atoms with van der Waals surface area (Å²) in [5.74, 6) is -0.236. The number of carbonyl (C=O) groups excluding carboxylic acids is 1. The highest BCUT2D eigenvalue weighted by atomic mass is 79.9. The summed E-state index contributed by atoms with van der Waals surface area (Å²) in [5, 5.41) is 12.1. The normalized spacial score (nSPS) is 17.5. The molecule has 100 valence electrons. The molecule has 0 aliphatic carbocycles. The first-order valence-electron chi connectivity index (χ1n) is 6.14. The number of anilines is 1. The first-order valence-corrected chi connectivity index (χ1v) is 6.93. The molecule has 19 heavy (non-hydrogen) atoms. The maximum absolute atomic E-state index is 12.3. The van der Waals surface area contributed by atoms with Gasteiger partial charge >= 0.3 is 0 Å². The Morgan fingerprint density at radius 3 is 2.74 bits per heavy atom. The fourth-order valence-electron chi connectivity index (χ4n) is 2.08. The van der Waals surface area contributed by atoms with Gasteiger partial charge in [0.05, 0.1) is 6.07 Å². The second-order valence-corrected chi connectivity index (χ2v) is 5.58. The van der Waals surface area contributed by atoms with Crippen LogP contribution in [0, 0.1) is 23.7 Å². The van der Waals surface area contributed by atoms with Crippen molar-refractivity contribution < 1.29 is 9.53 Å². The number of nitrogens with one attached hydrogen (secondary N) is 1. The molecule has 1 fully saturated rings. The van der Waals surface area contributed by atoms with E-state index in [0.29, 0.717) is 31.7 Å². The third kappa shape index (κ3) is 2.96. The van der Waals surface area contributed by atoms with E-state index in [0.717, 1.165) is 10.0 Å². The monoisotopic (exact) mass is 322 g/mol. The van der Waals surface area contributed by atoms with Crippen LogP contribution in [0.1, 0.15) is 18.4 Å². The summed E-state index contributed by atoms with van der Waals surface area (Å²) in [5.41, 5.74) is 0.793. The maximum Gasteiger partial charge on any atom is 0.245 e. The van der Waals surface area contributed by atoms with Crippen molar-refractivity contribution in [1.29, 1.82) is 5.26 Å². The molecule has 1 amide bonds. The molecular formula is C14H15BrN2O2. The van der Waals surface area contributed by atoms with Gasteiger partial charge in [-0.2, -0.15) is 5.26 Å². The average Bonchev–Trinajstić information content (AvgIpc) is 2.43. The topological polar surface area (TPSA) is 62.1 Å². The largest absolute Gasteiger partial charge is 0.381 e. The number of aryl methyl sites for hydroxylation is 1. The molecule has 1 N–H and O–H groups in total. The van der Waals surface area contributed by atoms with Crippen LogP contribution in [0.3, 0.4) is 0 Å². The first-order chi connectivity index (χ1) is 9.07. The van der Waals surface area contributed by atoms with Crippen molar-refractivity contribution in [2.75, 3.05) is 18.5 Å². The molecule has 0 spiro atoms. The van der Waals surface area contributed by atoms with Gasteiger partial charge in [0, 0.05) is 23.4 Å². The van der Waals surface area contributed by atoms with Gasteiger partial charge in [0.1, 0.15) is 5.41 Å². The van der Waals surface area contributed by atoms with Gasteiger partial charge in [0.25, 0.3) is 0 Å². The van der Waals surface area contributed by atoms with E-state index >= 15 is 0 Å². The Morgan fingerprint density at radius 2 is 2.16 bits per heavy atom. The van der Waals surface area contributed by atoms with Crippen LogP contribution < -0.4 is 5.32 Å². The van der Waals surface area contributed by atoms with Gasteiger partial charge in [-0.25, -0.2) is 0 Å². The van der Waals surface area contributed by atoms with Gasteiger partial charge in [0.15, 0.2) is 0 Å². The van der Waals surface area contributed by atoms with Gasteiger partial charge < -0.3 is 10.1 Å². The highest BCUT2D eigenvalue weighted by Crippen LogP contribution is 2.31. The highest BCUT2D eigenvalue weighted by molar-refractivity contribution is 9.10. The van der Waals surface area contributed by atoms with Crippen molar-refractivity contribution >= 4 is 27.5 Å². The van der Waals surface area contributed by atoms with Crippen LogP contribution in [0.5, 0.6) is 0 Å². The second kappa shape index (κ2) is 5.72. The number of hydrogen-bond donors (Lipinski definition) is 1. The Labute approximate surface area is 120 Å². The summed E-state index contributed by atoms with van der Waals surface area (Å²) >= 11 is 3.41. The first kappa shape index (κ1) is 14.0. The fourth-order valence-corrected chi connectivity index (χ4v) is 2.33. The Hall–Kier alpha value is -1.38. The van der Waals surface area contributed by atoms with Gasteiger partial charge in [-0.15, -0.1) is 0 Å². The smallest absolute Gasteiger partial charge is 0.245 e. The predicted molar refractivity (Wildman–Crippen MR) is 75.6 cm³/mol. The van der Waals surface area contributed by atoms with Crippen LogP contribution in [0.2, 0.25) is 0 Å². The molecule has 2 rings (SSSR count). The van der Waals surface area contributed by atoms with E-state index in [4.69, 9.17) is 4.74 Å². The van der Waals surface area contributed by atoms with Gasteiger partial charge in [-0.05, 0) is 43.5 Å². The van der Waals surface area contributed by atoms with Crippen LogP contribution in [0.4, 0.5) is 5.69 Å². The number of rotatable bonds is 2. The van der Waals surface area contributed by atoms with E-state index in [1.54, 1.807) is 0 Å².